The van der Waals surface area contributed by atoms with Crippen LogP contribution in [0.1, 0.15) is 37.0 Å². The molecule has 0 aliphatic rings. The first kappa shape index (κ1) is 23.3. The lowest BCUT2D eigenvalue weighted by molar-refractivity contribution is -0.139. The molecular formula is C23H29ClN2O2S. The SMILES string of the molecule is CCNC(=O)[C@H](CC)N(Cc1ccccc1C)C(=O)CSCc1ccccc1Cl. The van der Waals surface area contributed by atoms with Gasteiger partial charge in [0, 0.05) is 23.9 Å². The van der Waals surface area contributed by atoms with Crippen molar-refractivity contribution in [1.82, 2.24) is 10.2 Å². The summed E-state index contributed by atoms with van der Waals surface area (Å²) in [6, 6.07) is 15.1. The summed E-state index contributed by atoms with van der Waals surface area (Å²) in [6.07, 6.45) is 0.568. The largest absolute Gasteiger partial charge is 0.355 e. The molecule has 0 aromatic heterocycles. The van der Waals surface area contributed by atoms with Gasteiger partial charge in [-0.1, -0.05) is 61.0 Å². The molecule has 1 atom stereocenters. The van der Waals surface area contributed by atoms with E-state index in [1.165, 1.54) is 11.8 Å². The standard InChI is InChI=1S/C23H29ClN2O2S/c1-4-21(23(28)25-5-2)26(14-18-11-7-6-10-17(18)3)22(27)16-29-15-19-12-8-9-13-20(19)24/h6-13,21H,4-5,14-16H2,1-3H3,(H,25,28)/t21-/m0/s1. The summed E-state index contributed by atoms with van der Waals surface area (Å²) in [6.45, 7) is 6.82. The predicted octanol–water partition coefficient (Wildman–Crippen LogP) is 4.83. The Morgan fingerprint density at radius 1 is 1.07 bits per heavy atom. The van der Waals surface area contributed by atoms with Gasteiger partial charge in [0.1, 0.15) is 6.04 Å². The van der Waals surface area contributed by atoms with Gasteiger partial charge >= 0.3 is 0 Å². The Morgan fingerprint density at radius 3 is 2.34 bits per heavy atom. The van der Waals surface area contributed by atoms with Gasteiger partial charge in [-0.2, -0.15) is 0 Å². The first-order chi connectivity index (χ1) is 14.0. The molecule has 2 amide bonds. The smallest absolute Gasteiger partial charge is 0.242 e. The van der Waals surface area contributed by atoms with Crippen LogP contribution in [0.3, 0.4) is 0 Å². The average Bonchev–Trinajstić information content (AvgIpc) is 2.70. The Bertz CT molecular complexity index is 828. The van der Waals surface area contributed by atoms with Crippen LogP contribution in [-0.2, 0) is 21.9 Å². The summed E-state index contributed by atoms with van der Waals surface area (Å²) in [5, 5.41) is 3.57. The van der Waals surface area contributed by atoms with Crippen LogP contribution < -0.4 is 5.32 Å². The molecular weight excluding hydrogens is 404 g/mol. The lowest BCUT2D eigenvalue weighted by Crippen LogP contribution is -2.49. The van der Waals surface area contributed by atoms with Crippen molar-refractivity contribution in [2.75, 3.05) is 12.3 Å². The summed E-state index contributed by atoms with van der Waals surface area (Å²) in [4.78, 5) is 27.5. The molecule has 0 bridgehead atoms. The highest BCUT2D eigenvalue weighted by atomic mass is 35.5. The van der Waals surface area contributed by atoms with Gasteiger partial charge in [-0.25, -0.2) is 0 Å². The number of hydrogen-bond donors (Lipinski definition) is 1. The van der Waals surface area contributed by atoms with E-state index < -0.39 is 6.04 Å². The van der Waals surface area contributed by atoms with E-state index in [0.29, 0.717) is 36.0 Å². The molecule has 0 aliphatic heterocycles. The van der Waals surface area contributed by atoms with Crippen LogP contribution >= 0.6 is 23.4 Å². The van der Waals surface area contributed by atoms with Gasteiger partial charge in [-0.05, 0) is 43.0 Å². The second-order valence-electron chi connectivity index (χ2n) is 6.85. The Labute approximate surface area is 183 Å². The van der Waals surface area contributed by atoms with E-state index in [1.54, 1.807) is 4.90 Å². The van der Waals surface area contributed by atoms with Gasteiger partial charge < -0.3 is 10.2 Å². The number of benzene rings is 2. The molecule has 1 N–H and O–H groups in total. The lowest BCUT2D eigenvalue weighted by atomic mass is 10.1. The van der Waals surface area contributed by atoms with Crippen molar-refractivity contribution in [3.8, 4) is 0 Å². The topological polar surface area (TPSA) is 49.4 Å². The number of hydrogen-bond acceptors (Lipinski definition) is 3. The van der Waals surface area contributed by atoms with Gasteiger partial charge in [0.25, 0.3) is 0 Å². The summed E-state index contributed by atoms with van der Waals surface area (Å²) < 4.78 is 0. The minimum absolute atomic E-state index is 0.0385. The van der Waals surface area contributed by atoms with Crippen molar-refractivity contribution >= 4 is 35.2 Å². The maximum Gasteiger partial charge on any atom is 0.242 e. The molecule has 0 unspecified atom stereocenters. The van der Waals surface area contributed by atoms with E-state index in [2.05, 4.69) is 5.32 Å². The average molecular weight is 433 g/mol. The number of carbonyl (C=O) groups is 2. The molecule has 29 heavy (non-hydrogen) atoms. The van der Waals surface area contributed by atoms with Crippen LogP contribution in [0.2, 0.25) is 5.02 Å². The normalized spacial score (nSPS) is 11.7. The molecule has 2 aromatic carbocycles. The molecule has 2 rings (SSSR count). The van der Waals surface area contributed by atoms with E-state index in [1.807, 2.05) is 69.3 Å². The van der Waals surface area contributed by atoms with Crippen LogP contribution in [0.25, 0.3) is 0 Å². The number of likely N-dealkylation sites (N-methyl/N-ethyl adjacent to an activating group) is 1. The molecule has 0 aliphatic carbocycles. The molecule has 6 heteroatoms. The van der Waals surface area contributed by atoms with Crippen molar-refractivity contribution in [1.29, 1.82) is 0 Å². The van der Waals surface area contributed by atoms with E-state index in [4.69, 9.17) is 11.6 Å². The van der Waals surface area contributed by atoms with Gasteiger partial charge in [-0.15, -0.1) is 11.8 Å². The second kappa shape index (κ2) is 11.9. The Balaban J connectivity index is 2.14. The van der Waals surface area contributed by atoms with Gasteiger partial charge in [0.15, 0.2) is 0 Å². The summed E-state index contributed by atoms with van der Waals surface area (Å²) in [7, 11) is 0. The number of aryl methyl sites for hydroxylation is 1. The number of rotatable bonds is 10. The van der Waals surface area contributed by atoms with Crippen LogP contribution in [0.5, 0.6) is 0 Å². The van der Waals surface area contributed by atoms with Crippen molar-refractivity contribution in [3.05, 3.63) is 70.2 Å². The van der Waals surface area contributed by atoms with Crippen molar-refractivity contribution in [2.24, 2.45) is 0 Å². The molecule has 2 aromatic rings. The molecule has 0 saturated heterocycles. The van der Waals surface area contributed by atoms with Crippen molar-refractivity contribution < 1.29 is 9.59 Å². The van der Waals surface area contributed by atoms with Crippen molar-refractivity contribution in [2.45, 2.75) is 45.5 Å². The Kier molecular flexibility index (Phi) is 9.55. The van der Waals surface area contributed by atoms with Crippen LogP contribution in [0.4, 0.5) is 0 Å². The second-order valence-corrected chi connectivity index (χ2v) is 8.24. The highest BCUT2D eigenvalue weighted by Crippen LogP contribution is 2.22. The van der Waals surface area contributed by atoms with E-state index in [9.17, 15) is 9.59 Å². The number of thioether (sulfide) groups is 1. The first-order valence-corrected chi connectivity index (χ1v) is 11.4. The quantitative estimate of drug-likeness (QED) is 0.585. The minimum Gasteiger partial charge on any atom is -0.355 e. The van der Waals surface area contributed by atoms with Crippen molar-refractivity contribution in [3.63, 3.8) is 0 Å². The molecule has 0 spiro atoms. The fourth-order valence-electron chi connectivity index (χ4n) is 3.13. The molecule has 0 saturated carbocycles. The summed E-state index contributed by atoms with van der Waals surface area (Å²) >= 11 is 7.73. The number of halogens is 1. The van der Waals surface area contributed by atoms with Crippen LogP contribution in [0, 0.1) is 6.92 Å². The fraction of sp³-hybridized carbons (Fsp3) is 0.391. The van der Waals surface area contributed by atoms with E-state index in [0.717, 1.165) is 16.7 Å². The molecule has 0 radical (unpaired) electrons. The highest BCUT2D eigenvalue weighted by molar-refractivity contribution is 7.99. The number of nitrogens with zero attached hydrogens (tertiary/aromatic N) is 1. The van der Waals surface area contributed by atoms with E-state index >= 15 is 0 Å². The molecule has 0 heterocycles. The number of carbonyl (C=O) groups excluding carboxylic acids is 2. The lowest BCUT2D eigenvalue weighted by Gasteiger charge is -2.31. The monoisotopic (exact) mass is 432 g/mol. The Morgan fingerprint density at radius 2 is 1.72 bits per heavy atom. The Hall–Kier alpha value is -1.98. The first-order valence-electron chi connectivity index (χ1n) is 9.90. The zero-order chi connectivity index (χ0) is 21.2. The van der Waals surface area contributed by atoms with Crippen LogP contribution in [0.15, 0.2) is 48.5 Å². The zero-order valence-corrected chi connectivity index (χ0v) is 18.9. The van der Waals surface area contributed by atoms with Gasteiger partial charge in [0.2, 0.25) is 11.8 Å². The summed E-state index contributed by atoms with van der Waals surface area (Å²) in [5.41, 5.74) is 3.17. The molecule has 0 fully saturated rings. The zero-order valence-electron chi connectivity index (χ0n) is 17.3. The third-order valence-electron chi connectivity index (χ3n) is 4.78. The van der Waals surface area contributed by atoms with E-state index in [-0.39, 0.29) is 11.8 Å². The number of amides is 2. The number of nitrogens with one attached hydrogen (secondary N) is 1. The fourth-order valence-corrected chi connectivity index (χ4v) is 4.33. The third kappa shape index (κ3) is 6.79. The maximum atomic E-state index is 13.1. The predicted molar refractivity (Wildman–Crippen MR) is 122 cm³/mol. The minimum atomic E-state index is -0.483. The maximum absolute atomic E-state index is 13.1. The third-order valence-corrected chi connectivity index (χ3v) is 6.11. The summed E-state index contributed by atoms with van der Waals surface area (Å²) in [5.74, 6) is 0.811. The molecule has 4 nitrogen and oxygen atoms in total. The van der Waals surface area contributed by atoms with Crippen LogP contribution in [-0.4, -0.2) is 35.1 Å². The van der Waals surface area contributed by atoms with Gasteiger partial charge in [-0.3, -0.25) is 9.59 Å². The van der Waals surface area contributed by atoms with Gasteiger partial charge in [0.05, 0.1) is 5.75 Å². The molecule has 156 valence electrons. The highest BCUT2D eigenvalue weighted by Gasteiger charge is 2.28.